The zero-order valence-electron chi connectivity index (χ0n) is 64.3. The van der Waals surface area contributed by atoms with E-state index >= 15 is 0 Å². The molecule has 0 aromatic heterocycles. The molecule has 0 heterocycles. The first-order chi connectivity index (χ1) is 49.7. The SMILES string of the molecule is CC/C=C\C/C=C\C/C=C\C/C=C\C/C=C\C/C=C\CCC(=O)OCC(COP(=O)(O)OCC(O)COP(=O)(O)OCC(COC(=O)CCCCCCC/C=C\CCCCCCCC)OC(=O)CCCCCCC/C=C\C/C=C\CCC)OC(=O)CCCCCCCCCCCCCCCCC. The molecule has 0 aliphatic carbocycles. The number of aliphatic hydroxyl groups excluding tert-OH is 1. The number of aliphatic hydroxyl groups is 1. The van der Waals surface area contributed by atoms with Crippen molar-refractivity contribution in [1.82, 2.24) is 0 Å². The molecule has 102 heavy (non-hydrogen) atoms. The van der Waals surface area contributed by atoms with Crippen molar-refractivity contribution < 1.29 is 80.2 Å². The Balaban J connectivity index is 5.41. The number of unbranched alkanes of at least 4 members (excludes halogenated alkanes) is 31. The van der Waals surface area contributed by atoms with E-state index < -0.39 is 97.5 Å². The van der Waals surface area contributed by atoms with Crippen LogP contribution in [0, 0.1) is 0 Å². The summed E-state index contributed by atoms with van der Waals surface area (Å²) in [5.41, 5.74) is 0. The largest absolute Gasteiger partial charge is 0.472 e. The van der Waals surface area contributed by atoms with E-state index in [9.17, 15) is 43.2 Å². The third-order valence-corrected chi connectivity index (χ3v) is 18.6. The second-order valence-electron chi connectivity index (χ2n) is 26.6. The van der Waals surface area contributed by atoms with E-state index in [0.717, 1.165) is 148 Å². The highest BCUT2D eigenvalue weighted by Gasteiger charge is 2.30. The zero-order chi connectivity index (χ0) is 74.6. The van der Waals surface area contributed by atoms with Gasteiger partial charge in [0.2, 0.25) is 0 Å². The van der Waals surface area contributed by atoms with E-state index in [0.29, 0.717) is 32.1 Å². The van der Waals surface area contributed by atoms with Gasteiger partial charge in [-0.3, -0.25) is 37.3 Å². The minimum atomic E-state index is -4.99. The first kappa shape index (κ1) is 97.7. The molecule has 0 bridgehead atoms. The third-order valence-electron chi connectivity index (χ3n) is 16.7. The summed E-state index contributed by atoms with van der Waals surface area (Å²) in [6, 6.07) is 0. The first-order valence-corrected chi connectivity index (χ1v) is 43.1. The Kier molecular flexibility index (Phi) is 71.8. The Morgan fingerprint density at radius 3 is 0.892 bits per heavy atom. The number of rotatable bonds is 75. The number of phosphoric acid groups is 2. The highest BCUT2D eigenvalue weighted by Crippen LogP contribution is 2.45. The number of esters is 4. The molecule has 0 amide bonds. The Labute approximate surface area is 619 Å². The summed E-state index contributed by atoms with van der Waals surface area (Å²) in [6.45, 7) is 4.62. The van der Waals surface area contributed by atoms with Gasteiger partial charge in [-0.15, -0.1) is 0 Å². The van der Waals surface area contributed by atoms with E-state index in [2.05, 4.69) is 119 Å². The molecule has 5 atom stereocenters. The van der Waals surface area contributed by atoms with Crippen LogP contribution in [-0.2, 0) is 65.4 Å². The van der Waals surface area contributed by atoms with Gasteiger partial charge in [0, 0.05) is 25.7 Å². The molecule has 0 saturated carbocycles. The lowest BCUT2D eigenvalue weighted by Crippen LogP contribution is -2.30. The number of allylic oxidation sites excluding steroid dienone is 18. The van der Waals surface area contributed by atoms with E-state index in [1.165, 1.54) is 103 Å². The van der Waals surface area contributed by atoms with Crippen molar-refractivity contribution in [3.8, 4) is 0 Å². The first-order valence-electron chi connectivity index (χ1n) is 40.1. The quantitative estimate of drug-likeness (QED) is 0.0169. The molecule has 0 aliphatic heterocycles. The molecule has 0 aliphatic rings. The average Bonchev–Trinajstić information content (AvgIpc) is 0.924. The number of phosphoric ester groups is 2. The zero-order valence-corrected chi connectivity index (χ0v) is 66.0. The van der Waals surface area contributed by atoms with Crippen LogP contribution in [0.2, 0.25) is 0 Å². The molecule has 0 radical (unpaired) electrons. The van der Waals surface area contributed by atoms with Crippen LogP contribution in [0.25, 0.3) is 0 Å². The minimum absolute atomic E-state index is 0.0369. The summed E-state index contributed by atoms with van der Waals surface area (Å²) in [7, 11) is -9.98. The second-order valence-corrected chi connectivity index (χ2v) is 29.5. The fourth-order valence-electron chi connectivity index (χ4n) is 10.6. The van der Waals surface area contributed by atoms with Gasteiger partial charge in [-0.25, -0.2) is 9.13 Å². The van der Waals surface area contributed by atoms with Gasteiger partial charge in [-0.1, -0.05) is 304 Å². The predicted molar refractivity (Wildman–Crippen MR) is 418 cm³/mol. The molecular formula is C83H144O17P2. The number of hydrogen-bond acceptors (Lipinski definition) is 15. The van der Waals surface area contributed by atoms with Crippen LogP contribution >= 0.6 is 15.6 Å². The molecule has 0 rings (SSSR count). The second kappa shape index (κ2) is 75.0. The Morgan fingerprint density at radius 2 is 0.549 bits per heavy atom. The molecule has 0 saturated heterocycles. The van der Waals surface area contributed by atoms with Crippen molar-refractivity contribution in [1.29, 1.82) is 0 Å². The molecule has 0 fully saturated rings. The number of carbonyl (C=O) groups excluding carboxylic acids is 4. The summed E-state index contributed by atoms with van der Waals surface area (Å²) in [6.07, 6.45) is 80.8. The maximum atomic E-state index is 13.1. The summed E-state index contributed by atoms with van der Waals surface area (Å²) in [5.74, 6) is -2.28. The van der Waals surface area contributed by atoms with Crippen LogP contribution in [0.15, 0.2) is 109 Å². The molecule has 0 aromatic carbocycles. The van der Waals surface area contributed by atoms with Crippen LogP contribution in [0.4, 0.5) is 0 Å². The molecule has 19 heteroatoms. The van der Waals surface area contributed by atoms with Crippen molar-refractivity contribution in [2.24, 2.45) is 0 Å². The van der Waals surface area contributed by atoms with Gasteiger partial charge < -0.3 is 33.8 Å². The van der Waals surface area contributed by atoms with Crippen molar-refractivity contribution >= 4 is 39.5 Å². The van der Waals surface area contributed by atoms with Crippen molar-refractivity contribution in [2.75, 3.05) is 39.6 Å². The maximum Gasteiger partial charge on any atom is 0.472 e. The summed E-state index contributed by atoms with van der Waals surface area (Å²) >= 11 is 0. The van der Waals surface area contributed by atoms with Crippen molar-refractivity contribution in [3.05, 3.63) is 109 Å². The van der Waals surface area contributed by atoms with Crippen LogP contribution in [0.3, 0.4) is 0 Å². The van der Waals surface area contributed by atoms with Crippen LogP contribution in [0.1, 0.15) is 336 Å². The lowest BCUT2D eigenvalue weighted by molar-refractivity contribution is -0.161. The van der Waals surface area contributed by atoms with Crippen molar-refractivity contribution in [2.45, 2.75) is 354 Å². The standard InChI is InChI=1S/C83H144O17P2/c1-5-9-13-17-21-25-29-33-36-37-38-39-42-45-48-52-56-60-64-68-81(86)94-74-79(100-83(88)70-66-62-58-54-50-46-41-35-31-27-23-19-15-11-7-3)76-98-102(91,92)96-72-77(84)71-95-101(89,90)97-75-78(99-82(87)69-65-61-57-53-49-43-32-28-24-20-16-12-8-4)73-93-80(85)67-63-59-55-51-47-44-40-34-30-26-22-18-14-10-6-2/h9,13,16,20-21,25,28,32-34,36,38-40,45,48,56,60,77-79,84H,5-8,10-12,14-15,17-19,22-24,26-27,29-31,35,37,41-44,46-47,49-55,57-59,61-76H2,1-4H3,(H,89,90)(H,91,92)/b13-9-,20-16-,25-21-,32-28-,36-33-,39-38-,40-34-,48-45-,60-56-. The fraction of sp³-hybridized carbons (Fsp3) is 0.735. The Morgan fingerprint density at radius 1 is 0.284 bits per heavy atom. The smallest absolute Gasteiger partial charge is 0.462 e. The molecule has 0 spiro atoms. The average molecular weight is 1480 g/mol. The van der Waals surface area contributed by atoms with Crippen LogP contribution in [-0.4, -0.2) is 96.7 Å². The molecule has 0 aromatic rings. The van der Waals surface area contributed by atoms with E-state index in [-0.39, 0.29) is 25.7 Å². The molecule has 3 N–H and O–H groups in total. The van der Waals surface area contributed by atoms with E-state index in [1.54, 1.807) is 0 Å². The monoisotopic (exact) mass is 1470 g/mol. The van der Waals surface area contributed by atoms with Gasteiger partial charge in [0.15, 0.2) is 12.2 Å². The van der Waals surface area contributed by atoms with Gasteiger partial charge >= 0.3 is 39.5 Å². The van der Waals surface area contributed by atoms with Gasteiger partial charge in [0.25, 0.3) is 0 Å². The van der Waals surface area contributed by atoms with E-state index in [4.69, 9.17) is 37.0 Å². The van der Waals surface area contributed by atoms with Crippen LogP contribution in [0.5, 0.6) is 0 Å². The highest BCUT2D eigenvalue weighted by molar-refractivity contribution is 7.47. The highest BCUT2D eigenvalue weighted by atomic mass is 31.2. The number of hydrogen-bond donors (Lipinski definition) is 3. The fourth-order valence-corrected chi connectivity index (χ4v) is 12.2. The lowest BCUT2D eigenvalue weighted by Gasteiger charge is -2.21. The topological polar surface area (TPSA) is 237 Å². The van der Waals surface area contributed by atoms with Gasteiger partial charge in [0.05, 0.1) is 26.4 Å². The van der Waals surface area contributed by atoms with E-state index in [1.807, 2.05) is 18.2 Å². The molecular weight excluding hydrogens is 1330 g/mol. The predicted octanol–water partition coefficient (Wildman–Crippen LogP) is 23.3. The Bertz CT molecular complexity index is 2360. The normalized spacial score (nSPS) is 14.5. The third kappa shape index (κ3) is 74.0. The minimum Gasteiger partial charge on any atom is -0.462 e. The summed E-state index contributed by atoms with van der Waals surface area (Å²) < 4.78 is 68.5. The number of ether oxygens (including phenoxy) is 4. The van der Waals surface area contributed by atoms with Crippen molar-refractivity contribution in [3.63, 3.8) is 0 Å². The maximum absolute atomic E-state index is 13.1. The molecule has 588 valence electrons. The van der Waals surface area contributed by atoms with Gasteiger partial charge in [-0.2, -0.15) is 0 Å². The van der Waals surface area contributed by atoms with Gasteiger partial charge in [-0.05, 0) is 116 Å². The molecule has 5 unspecified atom stereocenters. The Hall–Kier alpha value is -4.28. The summed E-state index contributed by atoms with van der Waals surface area (Å²) in [4.78, 5) is 73.0. The summed E-state index contributed by atoms with van der Waals surface area (Å²) in [5, 5.41) is 10.6. The number of carbonyl (C=O) groups is 4. The van der Waals surface area contributed by atoms with Crippen LogP contribution < -0.4 is 0 Å². The van der Waals surface area contributed by atoms with Gasteiger partial charge in [0.1, 0.15) is 19.3 Å². The lowest BCUT2D eigenvalue weighted by atomic mass is 10.0. The molecule has 17 nitrogen and oxygen atoms in total.